The normalized spacial score (nSPS) is 11.8. The molecule has 0 radical (unpaired) electrons. The van der Waals surface area contributed by atoms with Gasteiger partial charge < -0.3 is 0 Å². The lowest BCUT2D eigenvalue weighted by atomic mass is 10.6. The topological polar surface area (TPSA) is 39.1 Å². The summed E-state index contributed by atoms with van der Waals surface area (Å²) in [7, 11) is -3.15. The van der Waals surface area contributed by atoms with Crippen LogP contribution in [0.15, 0.2) is 24.5 Å². The van der Waals surface area contributed by atoms with Crippen LogP contribution in [0.4, 0.5) is 0 Å². The summed E-state index contributed by atoms with van der Waals surface area (Å²) in [6, 6.07) is 3.36. The smallest absolute Gasteiger partial charge is 0.238 e. The molecule has 1 aromatic rings. The van der Waals surface area contributed by atoms with Crippen molar-refractivity contribution in [3.05, 3.63) is 24.5 Å². The van der Waals surface area contributed by atoms with Crippen molar-refractivity contribution in [3.8, 4) is 0 Å². The van der Waals surface area contributed by atoms with E-state index in [1.165, 1.54) is 16.4 Å². The summed E-state index contributed by atoms with van der Waals surface area (Å²) in [6.07, 6.45) is 3.52. The molecule has 0 aliphatic heterocycles. The van der Waals surface area contributed by atoms with Gasteiger partial charge in [-0.15, -0.1) is 11.6 Å². The number of hydrogen-bond acceptors (Lipinski definition) is 2. The van der Waals surface area contributed by atoms with Crippen LogP contribution in [-0.4, -0.2) is 24.0 Å². The fourth-order valence-electron chi connectivity index (χ4n) is 0.847. The Labute approximate surface area is 77.0 Å². The van der Waals surface area contributed by atoms with Crippen LogP contribution in [0.2, 0.25) is 0 Å². The number of halogens is 1. The van der Waals surface area contributed by atoms with Crippen molar-refractivity contribution < 1.29 is 8.42 Å². The number of alkyl halides is 1. The first-order chi connectivity index (χ1) is 5.67. The van der Waals surface area contributed by atoms with Crippen molar-refractivity contribution in [1.29, 1.82) is 0 Å². The van der Waals surface area contributed by atoms with Gasteiger partial charge in [-0.3, -0.25) is 3.97 Å². The summed E-state index contributed by atoms with van der Waals surface area (Å²) in [4.78, 5) is 0. The van der Waals surface area contributed by atoms with Crippen molar-refractivity contribution in [2.24, 2.45) is 0 Å². The molecule has 0 saturated carbocycles. The Hall–Kier alpha value is -0.480. The van der Waals surface area contributed by atoms with Crippen LogP contribution in [0.3, 0.4) is 0 Å². The summed E-state index contributed by atoms with van der Waals surface area (Å²) < 4.78 is 23.9. The molecule has 0 fully saturated rings. The molecule has 0 amide bonds. The van der Waals surface area contributed by atoms with Crippen LogP contribution >= 0.6 is 11.6 Å². The Kier molecular flexibility index (Phi) is 3.17. The molecule has 12 heavy (non-hydrogen) atoms. The van der Waals surface area contributed by atoms with Crippen LogP contribution in [0.5, 0.6) is 0 Å². The fourth-order valence-corrected chi connectivity index (χ4v) is 2.37. The minimum atomic E-state index is -3.15. The molecule has 68 valence electrons. The monoisotopic (exact) mass is 207 g/mol. The maximum atomic E-state index is 11.4. The second-order valence-corrected chi connectivity index (χ2v) is 4.74. The van der Waals surface area contributed by atoms with E-state index in [4.69, 9.17) is 11.6 Å². The van der Waals surface area contributed by atoms with E-state index in [2.05, 4.69) is 0 Å². The summed E-state index contributed by atoms with van der Waals surface area (Å²) in [5.74, 6) is 0.478. The van der Waals surface area contributed by atoms with E-state index >= 15 is 0 Å². The molecule has 5 heteroatoms. The lowest BCUT2D eigenvalue weighted by molar-refractivity contribution is 0.586. The number of nitrogens with zero attached hydrogens (tertiary/aromatic N) is 1. The number of hydrogen-bond donors (Lipinski definition) is 0. The van der Waals surface area contributed by atoms with Crippen molar-refractivity contribution >= 4 is 21.6 Å². The fraction of sp³-hybridized carbons (Fsp3) is 0.429. The molecular weight excluding hydrogens is 198 g/mol. The quantitative estimate of drug-likeness (QED) is 0.699. The van der Waals surface area contributed by atoms with Gasteiger partial charge in [0.2, 0.25) is 10.0 Å². The minimum absolute atomic E-state index is 0.102. The molecular formula is C7H10ClNO2S. The van der Waals surface area contributed by atoms with E-state index in [9.17, 15) is 8.42 Å². The highest BCUT2D eigenvalue weighted by atomic mass is 35.5. The highest BCUT2D eigenvalue weighted by Gasteiger charge is 2.09. The van der Waals surface area contributed by atoms with E-state index in [0.717, 1.165) is 0 Å². The van der Waals surface area contributed by atoms with E-state index in [1.54, 1.807) is 12.1 Å². The van der Waals surface area contributed by atoms with E-state index in [1.807, 2.05) is 0 Å². The molecule has 0 N–H and O–H groups in total. The van der Waals surface area contributed by atoms with Gasteiger partial charge in [-0.2, -0.15) is 0 Å². The second kappa shape index (κ2) is 3.96. The third kappa shape index (κ3) is 2.25. The van der Waals surface area contributed by atoms with Gasteiger partial charge in [0, 0.05) is 18.3 Å². The van der Waals surface area contributed by atoms with Gasteiger partial charge in [-0.05, 0) is 18.6 Å². The molecule has 0 atom stereocenters. The highest BCUT2D eigenvalue weighted by molar-refractivity contribution is 7.89. The zero-order chi connectivity index (χ0) is 9.03. The average molecular weight is 208 g/mol. The Morgan fingerprint density at radius 3 is 2.33 bits per heavy atom. The second-order valence-electron chi connectivity index (χ2n) is 2.37. The Bertz CT molecular complexity index is 317. The third-order valence-electron chi connectivity index (χ3n) is 1.43. The van der Waals surface area contributed by atoms with Crippen LogP contribution in [0.25, 0.3) is 0 Å². The van der Waals surface area contributed by atoms with Crippen molar-refractivity contribution in [3.63, 3.8) is 0 Å². The molecule has 0 aromatic carbocycles. The molecule has 0 spiro atoms. The van der Waals surface area contributed by atoms with Crippen LogP contribution in [-0.2, 0) is 10.0 Å². The minimum Gasteiger partial charge on any atom is -0.253 e. The van der Waals surface area contributed by atoms with Gasteiger partial charge in [-0.25, -0.2) is 8.42 Å². The molecule has 0 aliphatic rings. The van der Waals surface area contributed by atoms with Crippen molar-refractivity contribution in [1.82, 2.24) is 3.97 Å². The summed E-state index contributed by atoms with van der Waals surface area (Å²) in [6.45, 7) is 0. The lowest BCUT2D eigenvalue weighted by Crippen LogP contribution is -2.14. The molecule has 0 bridgehead atoms. The Balaban J connectivity index is 2.74. The Morgan fingerprint density at radius 1 is 1.25 bits per heavy atom. The first-order valence-corrected chi connectivity index (χ1v) is 5.73. The largest absolute Gasteiger partial charge is 0.253 e. The molecule has 0 saturated heterocycles. The Morgan fingerprint density at radius 2 is 1.83 bits per heavy atom. The maximum absolute atomic E-state index is 11.4. The molecule has 3 nitrogen and oxygen atoms in total. The zero-order valence-corrected chi connectivity index (χ0v) is 8.05. The van der Waals surface area contributed by atoms with Gasteiger partial charge in [0.25, 0.3) is 0 Å². The van der Waals surface area contributed by atoms with Crippen LogP contribution in [0.1, 0.15) is 6.42 Å². The van der Waals surface area contributed by atoms with Crippen LogP contribution < -0.4 is 0 Å². The lowest BCUT2D eigenvalue weighted by Gasteiger charge is -2.02. The first kappa shape index (κ1) is 9.61. The SMILES string of the molecule is O=S(=O)(CCCCl)n1cccc1. The predicted octanol–water partition coefficient (Wildman–Crippen LogP) is 1.29. The predicted molar refractivity (Wildman–Crippen MR) is 49.0 cm³/mol. The van der Waals surface area contributed by atoms with Gasteiger partial charge in [0.1, 0.15) is 0 Å². The summed E-state index contributed by atoms with van der Waals surface area (Å²) >= 11 is 5.40. The average Bonchev–Trinajstić information content (AvgIpc) is 2.53. The standard InChI is InChI=1S/C7H10ClNO2S/c8-4-3-7-12(10,11)9-5-1-2-6-9/h1-2,5-6H,3-4,7H2. The highest BCUT2D eigenvalue weighted by Crippen LogP contribution is 2.01. The summed E-state index contributed by atoms with van der Waals surface area (Å²) in [5, 5.41) is 0. The molecule has 1 aromatic heterocycles. The zero-order valence-electron chi connectivity index (χ0n) is 6.48. The van der Waals surface area contributed by atoms with Gasteiger partial charge in [-0.1, -0.05) is 0 Å². The summed E-state index contributed by atoms with van der Waals surface area (Å²) in [5.41, 5.74) is 0. The van der Waals surface area contributed by atoms with Crippen molar-refractivity contribution in [2.45, 2.75) is 6.42 Å². The number of aromatic nitrogens is 1. The van der Waals surface area contributed by atoms with Crippen LogP contribution in [0, 0.1) is 0 Å². The first-order valence-electron chi connectivity index (χ1n) is 3.59. The molecule has 0 aliphatic carbocycles. The molecule has 1 rings (SSSR count). The van der Waals surface area contributed by atoms with Crippen molar-refractivity contribution in [2.75, 3.05) is 11.6 Å². The van der Waals surface area contributed by atoms with Gasteiger partial charge >= 0.3 is 0 Å². The molecule has 1 heterocycles. The van der Waals surface area contributed by atoms with E-state index in [-0.39, 0.29) is 5.75 Å². The third-order valence-corrected chi connectivity index (χ3v) is 3.39. The molecule has 0 unspecified atom stereocenters. The van der Waals surface area contributed by atoms with Gasteiger partial charge in [0.15, 0.2) is 0 Å². The maximum Gasteiger partial charge on any atom is 0.238 e. The van der Waals surface area contributed by atoms with E-state index in [0.29, 0.717) is 12.3 Å². The van der Waals surface area contributed by atoms with Gasteiger partial charge in [0.05, 0.1) is 5.75 Å². The van der Waals surface area contributed by atoms with E-state index < -0.39 is 10.0 Å². The number of rotatable bonds is 4.